The van der Waals surface area contributed by atoms with Crippen molar-refractivity contribution in [3.05, 3.63) is 30.0 Å². The Labute approximate surface area is 92.4 Å². The van der Waals surface area contributed by atoms with E-state index in [2.05, 4.69) is 42.6 Å². The first-order valence-corrected chi connectivity index (χ1v) is 5.38. The van der Waals surface area contributed by atoms with Crippen molar-refractivity contribution >= 4 is 0 Å². The molecule has 1 aromatic rings. The van der Waals surface area contributed by atoms with Crippen LogP contribution in [0.25, 0.3) is 0 Å². The molecule has 0 saturated carbocycles. The number of imidazole rings is 1. The van der Waals surface area contributed by atoms with E-state index in [9.17, 15) is 0 Å². The lowest BCUT2D eigenvalue weighted by atomic mass is 10.3. The van der Waals surface area contributed by atoms with Gasteiger partial charge in [-0.25, -0.2) is 4.98 Å². The third-order valence-corrected chi connectivity index (χ3v) is 2.31. The monoisotopic (exact) mass is 207 g/mol. The fraction of sp³-hybridized carbons (Fsp3) is 0.583. The highest BCUT2D eigenvalue weighted by atomic mass is 15.1. The molecule has 1 aromatic heterocycles. The van der Waals surface area contributed by atoms with Gasteiger partial charge in [0, 0.05) is 38.4 Å². The molecule has 0 spiro atoms. The van der Waals surface area contributed by atoms with Gasteiger partial charge in [-0.15, -0.1) is 0 Å². The van der Waals surface area contributed by atoms with Crippen molar-refractivity contribution in [2.75, 3.05) is 14.1 Å². The third kappa shape index (κ3) is 3.11. The summed E-state index contributed by atoms with van der Waals surface area (Å²) in [6.45, 7) is 6.43. The van der Waals surface area contributed by atoms with E-state index in [0.717, 1.165) is 12.2 Å². The molecule has 0 fully saturated rings. The van der Waals surface area contributed by atoms with Gasteiger partial charge in [-0.1, -0.05) is 6.08 Å². The third-order valence-electron chi connectivity index (χ3n) is 2.31. The maximum atomic E-state index is 4.35. The maximum absolute atomic E-state index is 4.35. The molecule has 0 aromatic carbocycles. The predicted molar refractivity (Wildman–Crippen MR) is 63.9 cm³/mol. The summed E-state index contributed by atoms with van der Waals surface area (Å²) in [7, 11) is 4.06. The maximum Gasteiger partial charge on any atom is 0.105 e. The number of aromatic nitrogens is 2. The van der Waals surface area contributed by atoms with Crippen LogP contribution in [0.2, 0.25) is 0 Å². The van der Waals surface area contributed by atoms with Gasteiger partial charge in [0.25, 0.3) is 0 Å². The smallest absolute Gasteiger partial charge is 0.105 e. The minimum absolute atomic E-state index is 0.482. The van der Waals surface area contributed by atoms with Gasteiger partial charge >= 0.3 is 0 Å². The molecule has 0 bridgehead atoms. The van der Waals surface area contributed by atoms with Crippen molar-refractivity contribution in [1.29, 1.82) is 0 Å². The van der Waals surface area contributed by atoms with Crippen LogP contribution in [0.3, 0.4) is 0 Å². The van der Waals surface area contributed by atoms with Gasteiger partial charge in [0.15, 0.2) is 0 Å². The van der Waals surface area contributed by atoms with Crippen LogP contribution in [-0.4, -0.2) is 28.5 Å². The highest BCUT2D eigenvalue weighted by Crippen LogP contribution is 2.13. The second kappa shape index (κ2) is 5.01. The van der Waals surface area contributed by atoms with Crippen molar-refractivity contribution in [2.24, 2.45) is 0 Å². The van der Waals surface area contributed by atoms with Crippen LogP contribution >= 0.6 is 0 Å². The lowest BCUT2D eigenvalue weighted by molar-refractivity contribution is 0.554. The van der Waals surface area contributed by atoms with Crippen LogP contribution in [0.5, 0.6) is 0 Å². The highest BCUT2D eigenvalue weighted by molar-refractivity contribution is 5.09. The Kier molecular flexibility index (Phi) is 3.95. The Morgan fingerprint density at radius 3 is 2.67 bits per heavy atom. The molecular formula is C12H21N3. The lowest BCUT2D eigenvalue weighted by Crippen LogP contribution is -2.07. The SMILES string of the molecule is Cc1ncc(C/C=C/N(C)C)n1C(C)C. The van der Waals surface area contributed by atoms with Crippen molar-refractivity contribution in [3.8, 4) is 0 Å². The molecule has 0 atom stereocenters. The zero-order valence-corrected chi connectivity index (χ0v) is 10.4. The molecule has 3 nitrogen and oxygen atoms in total. The van der Waals surface area contributed by atoms with Gasteiger partial charge in [-0.2, -0.15) is 0 Å². The minimum Gasteiger partial charge on any atom is -0.384 e. The van der Waals surface area contributed by atoms with Crippen LogP contribution in [0.4, 0.5) is 0 Å². The van der Waals surface area contributed by atoms with Crippen molar-refractivity contribution in [1.82, 2.24) is 14.5 Å². The van der Waals surface area contributed by atoms with E-state index in [-0.39, 0.29) is 0 Å². The van der Waals surface area contributed by atoms with E-state index in [1.807, 2.05) is 25.2 Å². The fourth-order valence-electron chi connectivity index (χ4n) is 1.74. The molecule has 0 amide bonds. The summed E-state index contributed by atoms with van der Waals surface area (Å²) in [5.74, 6) is 1.10. The number of hydrogen-bond acceptors (Lipinski definition) is 2. The zero-order valence-electron chi connectivity index (χ0n) is 10.4. The van der Waals surface area contributed by atoms with Gasteiger partial charge in [-0.05, 0) is 27.0 Å². The van der Waals surface area contributed by atoms with E-state index in [1.54, 1.807) is 0 Å². The second-order valence-corrected chi connectivity index (χ2v) is 4.31. The number of rotatable bonds is 4. The quantitative estimate of drug-likeness (QED) is 0.756. The molecule has 0 saturated heterocycles. The average Bonchev–Trinajstić information content (AvgIpc) is 2.46. The summed E-state index contributed by atoms with van der Waals surface area (Å²) >= 11 is 0. The van der Waals surface area contributed by atoms with Gasteiger partial charge in [0.2, 0.25) is 0 Å². The van der Waals surface area contributed by atoms with Gasteiger partial charge in [-0.3, -0.25) is 0 Å². The first-order valence-electron chi connectivity index (χ1n) is 5.38. The molecule has 15 heavy (non-hydrogen) atoms. The lowest BCUT2D eigenvalue weighted by Gasteiger charge is -2.13. The summed E-state index contributed by atoms with van der Waals surface area (Å²) in [5.41, 5.74) is 1.28. The summed E-state index contributed by atoms with van der Waals surface area (Å²) in [6, 6.07) is 0.482. The first kappa shape index (κ1) is 11.8. The van der Waals surface area contributed by atoms with Crippen LogP contribution in [-0.2, 0) is 6.42 Å². The van der Waals surface area contributed by atoms with Gasteiger partial charge in [0.05, 0.1) is 0 Å². The number of hydrogen-bond donors (Lipinski definition) is 0. The Morgan fingerprint density at radius 1 is 1.47 bits per heavy atom. The van der Waals surface area contributed by atoms with Gasteiger partial charge in [0.1, 0.15) is 5.82 Å². The Morgan fingerprint density at radius 2 is 2.13 bits per heavy atom. The molecule has 0 radical (unpaired) electrons. The zero-order chi connectivity index (χ0) is 11.4. The summed E-state index contributed by atoms with van der Waals surface area (Å²) in [4.78, 5) is 6.40. The average molecular weight is 207 g/mol. The van der Waals surface area contributed by atoms with Crippen LogP contribution in [0, 0.1) is 6.92 Å². The summed E-state index contributed by atoms with van der Waals surface area (Å²) in [5, 5.41) is 0. The molecular weight excluding hydrogens is 186 g/mol. The summed E-state index contributed by atoms with van der Waals surface area (Å²) in [6.07, 6.45) is 7.15. The summed E-state index contributed by atoms with van der Waals surface area (Å²) < 4.78 is 2.28. The normalized spacial score (nSPS) is 11.6. The minimum atomic E-state index is 0.482. The van der Waals surface area contributed by atoms with Gasteiger partial charge < -0.3 is 9.47 Å². The Bertz CT molecular complexity index is 335. The highest BCUT2D eigenvalue weighted by Gasteiger charge is 2.07. The first-order chi connectivity index (χ1) is 7.02. The number of nitrogens with zero attached hydrogens (tertiary/aromatic N) is 3. The van der Waals surface area contributed by atoms with Crippen molar-refractivity contribution in [2.45, 2.75) is 33.2 Å². The molecule has 0 aliphatic carbocycles. The predicted octanol–water partition coefficient (Wildman–Crippen LogP) is 2.39. The molecule has 1 rings (SSSR count). The second-order valence-electron chi connectivity index (χ2n) is 4.31. The van der Waals surface area contributed by atoms with Crippen LogP contribution < -0.4 is 0 Å². The molecule has 0 aliphatic rings. The molecule has 0 unspecified atom stereocenters. The molecule has 3 heteroatoms. The molecule has 0 aliphatic heterocycles. The van der Waals surface area contributed by atoms with E-state index in [4.69, 9.17) is 0 Å². The van der Waals surface area contributed by atoms with E-state index in [0.29, 0.717) is 6.04 Å². The Balaban J connectivity index is 2.77. The number of allylic oxidation sites excluding steroid dienone is 1. The van der Waals surface area contributed by atoms with Crippen LogP contribution in [0.15, 0.2) is 18.5 Å². The van der Waals surface area contributed by atoms with E-state index in [1.165, 1.54) is 5.69 Å². The topological polar surface area (TPSA) is 21.1 Å². The fourth-order valence-corrected chi connectivity index (χ4v) is 1.74. The van der Waals surface area contributed by atoms with Crippen molar-refractivity contribution in [3.63, 3.8) is 0 Å². The Hall–Kier alpha value is -1.25. The van der Waals surface area contributed by atoms with E-state index >= 15 is 0 Å². The van der Waals surface area contributed by atoms with Crippen LogP contribution in [0.1, 0.15) is 31.4 Å². The van der Waals surface area contributed by atoms with E-state index < -0.39 is 0 Å². The molecule has 0 N–H and O–H groups in total. The number of aryl methyl sites for hydroxylation is 1. The standard InChI is InChI=1S/C12H21N3/c1-10(2)15-11(3)13-9-12(15)7-6-8-14(4)5/h6,8-10H,7H2,1-5H3/b8-6+. The largest absolute Gasteiger partial charge is 0.384 e. The van der Waals surface area contributed by atoms with Crippen molar-refractivity contribution < 1.29 is 0 Å². The molecule has 1 heterocycles. The molecule has 84 valence electrons.